The smallest absolute Gasteiger partial charge is 0.407 e. The van der Waals surface area contributed by atoms with Gasteiger partial charge in [0.1, 0.15) is 17.2 Å². The van der Waals surface area contributed by atoms with Crippen molar-refractivity contribution in [3.05, 3.63) is 73.6 Å². The first-order valence-electron chi connectivity index (χ1n) is 6.44. The molecule has 0 saturated heterocycles. The van der Waals surface area contributed by atoms with Gasteiger partial charge in [0.25, 0.3) is 0 Å². The van der Waals surface area contributed by atoms with Crippen molar-refractivity contribution in [3.63, 3.8) is 0 Å². The van der Waals surface area contributed by atoms with Gasteiger partial charge < -0.3 is 13.6 Å². The molecule has 0 bridgehead atoms. The minimum atomic E-state index is -1.71. The van der Waals surface area contributed by atoms with E-state index in [0.29, 0.717) is 17.2 Å². The van der Waals surface area contributed by atoms with Crippen LogP contribution in [0.1, 0.15) is 0 Å². The normalized spacial score (nSPS) is 10.2. The molecule has 0 aliphatic rings. The summed E-state index contributed by atoms with van der Waals surface area (Å²) in [6, 6.07) is 10.7. The van der Waals surface area contributed by atoms with Crippen LogP contribution in [0.3, 0.4) is 0 Å². The molecule has 110 valence electrons. The molecule has 0 amide bonds. The third kappa shape index (κ3) is 4.14. The van der Waals surface area contributed by atoms with Crippen LogP contribution in [0.25, 0.3) is 0 Å². The van der Waals surface area contributed by atoms with Gasteiger partial charge in [-0.3, -0.25) is 15.0 Å². The van der Waals surface area contributed by atoms with Crippen molar-refractivity contribution in [1.29, 1.82) is 0 Å². The molecular weight excluding hydrogens is 301 g/mol. The zero-order valence-electron chi connectivity index (χ0n) is 11.4. The molecule has 0 radical (unpaired) electrons. The van der Waals surface area contributed by atoms with Crippen molar-refractivity contribution in [1.82, 2.24) is 15.0 Å². The van der Waals surface area contributed by atoms with Gasteiger partial charge in [-0.05, 0) is 36.4 Å². The summed E-state index contributed by atoms with van der Waals surface area (Å²) in [7, 11) is -1.71. The molecule has 0 unspecified atom stereocenters. The molecule has 3 heterocycles. The van der Waals surface area contributed by atoms with E-state index in [1.165, 1.54) is 0 Å². The van der Waals surface area contributed by atoms with Crippen LogP contribution >= 0.6 is 8.60 Å². The highest BCUT2D eigenvalue weighted by Crippen LogP contribution is 2.41. The quantitative estimate of drug-likeness (QED) is 0.647. The first kappa shape index (κ1) is 14.2. The summed E-state index contributed by atoms with van der Waals surface area (Å²) in [6.45, 7) is 0. The fourth-order valence-electron chi connectivity index (χ4n) is 1.52. The molecular formula is C15H12N3O3P. The van der Waals surface area contributed by atoms with Crippen molar-refractivity contribution >= 4 is 8.60 Å². The molecule has 3 aromatic rings. The number of rotatable bonds is 6. The standard InChI is InChI=1S/C15H12N3O3P/c1-4-13(10-16-7-1)19-22(20-14-5-2-8-17-11-14)21-15-6-3-9-18-12-15/h1-12H. The van der Waals surface area contributed by atoms with Crippen LogP contribution in [-0.4, -0.2) is 15.0 Å². The molecule has 0 atom stereocenters. The largest absolute Gasteiger partial charge is 0.530 e. The molecule has 0 fully saturated rings. The maximum absolute atomic E-state index is 5.72. The minimum Gasteiger partial charge on any atom is -0.407 e. The summed E-state index contributed by atoms with van der Waals surface area (Å²) in [5.74, 6) is 1.67. The van der Waals surface area contributed by atoms with Crippen LogP contribution in [0, 0.1) is 0 Å². The highest BCUT2D eigenvalue weighted by Gasteiger charge is 2.19. The summed E-state index contributed by atoms with van der Waals surface area (Å²) in [5, 5.41) is 0. The van der Waals surface area contributed by atoms with Crippen molar-refractivity contribution in [2.45, 2.75) is 0 Å². The van der Waals surface area contributed by atoms with Gasteiger partial charge in [0, 0.05) is 18.6 Å². The van der Waals surface area contributed by atoms with Gasteiger partial charge in [0.2, 0.25) is 0 Å². The molecule has 0 aliphatic heterocycles. The van der Waals surface area contributed by atoms with E-state index in [1.54, 1.807) is 73.6 Å². The van der Waals surface area contributed by atoms with Gasteiger partial charge in [0.15, 0.2) is 0 Å². The molecule has 0 spiro atoms. The van der Waals surface area contributed by atoms with Crippen LogP contribution in [0.4, 0.5) is 0 Å². The fourth-order valence-corrected chi connectivity index (χ4v) is 2.47. The van der Waals surface area contributed by atoms with E-state index in [9.17, 15) is 0 Å². The zero-order valence-corrected chi connectivity index (χ0v) is 12.3. The lowest BCUT2D eigenvalue weighted by atomic mass is 10.5. The summed E-state index contributed by atoms with van der Waals surface area (Å²) < 4.78 is 17.2. The Morgan fingerprint density at radius 3 is 1.23 bits per heavy atom. The SMILES string of the molecule is c1cncc(OP(Oc2cccnc2)Oc2cccnc2)c1. The van der Waals surface area contributed by atoms with Gasteiger partial charge in [-0.2, -0.15) is 0 Å². The molecule has 0 aromatic carbocycles. The summed E-state index contributed by atoms with van der Waals surface area (Å²) >= 11 is 0. The van der Waals surface area contributed by atoms with Crippen LogP contribution in [0.15, 0.2) is 73.6 Å². The van der Waals surface area contributed by atoms with Gasteiger partial charge in [-0.25, -0.2) is 0 Å². The monoisotopic (exact) mass is 313 g/mol. The average molecular weight is 313 g/mol. The molecule has 3 aromatic heterocycles. The Kier molecular flexibility index (Phi) is 4.74. The Morgan fingerprint density at radius 2 is 0.955 bits per heavy atom. The zero-order chi connectivity index (χ0) is 15.0. The van der Waals surface area contributed by atoms with E-state index in [-0.39, 0.29) is 0 Å². The third-order valence-corrected chi connectivity index (χ3v) is 3.52. The first-order chi connectivity index (χ1) is 10.9. The second-order valence-corrected chi connectivity index (χ2v) is 5.06. The Hall–Kier alpha value is -2.72. The van der Waals surface area contributed by atoms with E-state index in [1.807, 2.05) is 0 Å². The van der Waals surface area contributed by atoms with E-state index in [2.05, 4.69) is 15.0 Å². The predicted octanol–water partition coefficient (Wildman–Crippen LogP) is 3.64. The first-order valence-corrected chi connectivity index (χ1v) is 7.54. The predicted molar refractivity (Wildman–Crippen MR) is 81.5 cm³/mol. The van der Waals surface area contributed by atoms with E-state index in [0.717, 1.165) is 0 Å². The van der Waals surface area contributed by atoms with Crippen LogP contribution in [0.5, 0.6) is 17.2 Å². The van der Waals surface area contributed by atoms with Gasteiger partial charge in [-0.1, -0.05) is 0 Å². The maximum Gasteiger partial charge on any atom is 0.530 e. The molecule has 0 aliphatic carbocycles. The number of hydrogen-bond acceptors (Lipinski definition) is 6. The average Bonchev–Trinajstić information content (AvgIpc) is 2.57. The number of nitrogens with zero attached hydrogens (tertiary/aromatic N) is 3. The van der Waals surface area contributed by atoms with Crippen molar-refractivity contribution in [2.24, 2.45) is 0 Å². The van der Waals surface area contributed by atoms with Crippen molar-refractivity contribution in [3.8, 4) is 17.2 Å². The highest BCUT2D eigenvalue weighted by atomic mass is 31.2. The number of aromatic nitrogens is 3. The maximum atomic E-state index is 5.72. The second-order valence-electron chi connectivity index (χ2n) is 4.06. The Balaban J connectivity index is 1.75. The summed E-state index contributed by atoms with van der Waals surface area (Å²) in [4.78, 5) is 12.0. The van der Waals surface area contributed by atoms with Gasteiger partial charge in [0.05, 0.1) is 18.6 Å². The second kappa shape index (κ2) is 7.33. The van der Waals surface area contributed by atoms with Gasteiger partial charge in [-0.15, -0.1) is 0 Å². The van der Waals surface area contributed by atoms with E-state index < -0.39 is 8.60 Å². The highest BCUT2D eigenvalue weighted by molar-refractivity contribution is 7.43. The van der Waals surface area contributed by atoms with E-state index >= 15 is 0 Å². The van der Waals surface area contributed by atoms with E-state index in [4.69, 9.17) is 13.6 Å². The Morgan fingerprint density at radius 1 is 0.591 bits per heavy atom. The minimum absolute atomic E-state index is 0.557. The lowest BCUT2D eigenvalue weighted by Gasteiger charge is -2.17. The molecule has 7 heteroatoms. The summed E-state index contributed by atoms with van der Waals surface area (Å²) in [6.07, 6.45) is 9.77. The molecule has 22 heavy (non-hydrogen) atoms. The third-order valence-electron chi connectivity index (χ3n) is 2.44. The molecule has 0 saturated carbocycles. The van der Waals surface area contributed by atoms with Crippen molar-refractivity contribution < 1.29 is 13.6 Å². The lowest BCUT2D eigenvalue weighted by Crippen LogP contribution is -2.02. The van der Waals surface area contributed by atoms with Crippen LogP contribution in [-0.2, 0) is 0 Å². The fraction of sp³-hybridized carbons (Fsp3) is 0. The van der Waals surface area contributed by atoms with Crippen LogP contribution in [0.2, 0.25) is 0 Å². The van der Waals surface area contributed by atoms with Crippen molar-refractivity contribution in [2.75, 3.05) is 0 Å². The number of hydrogen-bond donors (Lipinski definition) is 0. The lowest BCUT2D eigenvalue weighted by molar-refractivity contribution is 0.386. The topological polar surface area (TPSA) is 66.4 Å². The van der Waals surface area contributed by atoms with Gasteiger partial charge >= 0.3 is 8.60 Å². The van der Waals surface area contributed by atoms with Crippen LogP contribution < -0.4 is 13.6 Å². The molecule has 6 nitrogen and oxygen atoms in total. The number of pyridine rings is 3. The molecule has 3 rings (SSSR count). The molecule has 0 N–H and O–H groups in total. The summed E-state index contributed by atoms with van der Waals surface area (Å²) in [5.41, 5.74) is 0. The Labute approximate surface area is 128 Å². The Bertz CT molecular complexity index is 588.